The third-order valence-corrected chi connectivity index (χ3v) is 2.01. The van der Waals surface area contributed by atoms with Gasteiger partial charge in [0.1, 0.15) is 11.5 Å². The summed E-state index contributed by atoms with van der Waals surface area (Å²) in [4.78, 5) is 0. The maximum Gasteiger partial charge on any atom is 0.124 e. The van der Waals surface area contributed by atoms with Gasteiger partial charge >= 0.3 is 0 Å². The van der Waals surface area contributed by atoms with E-state index in [0.29, 0.717) is 23.7 Å². The summed E-state index contributed by atoms with van der Waals surface area (Å²) >= 11 is 0. The minimum absolute atomic E-state index is 0.556. The van der Waals surface area contributed by atoms with E-state index in [9.17, 15) is 0 Å². The second-order valence-corrected chi connectivity index (χ2v) is 3.21. The van der Waals surface area contributed by atoms with E-state index in [1.165, 1.54) is 0 Å². The summed E-state index contributed by atoms with van der Waals surface area (Å²) < 4.78 is 10.6. The summed E-state index contributed by atoms with van der Waals surface area (Å²) in [6, 6.07) is 7.27. The largest absolute Gasteiger partial charge is 0.497 e. The molecular weight excluding hydrogens is 190 g/mol. The Bertz CT molecular complexity index is 355. The summed E-state index contributed by atoms with van der Waals surface area (Å²) in [5.41, 5.74) is 0.556. The van der Waals surface area contributed by atoms with Crippen molar-refractivity contribution < 1.29 is 9.47 Å². The second kappa shape index (κ2) is 5.92. The molecule has 80 valence electrons. The van der Waals surface area contributed by atoms with Gasteiger partial charge in [0.25, 0.3) is 0 Å². The van der Waals surface area contributed by atoms with E-state index in [0.717, 1.165) is 12.8 Å². The van der Waals surface area contributed by atoms with E-state index in [2.05, 4.69) is 13.0 Å². The number of nitriles is 1. The van der Waals surface area contributed by atoms with Gasteiger partial charge in [-0.25, -0.2) is 0 Å². The van der Waals surface area contributed by atoms with E-state index in [4.69, 9.17) is 14.7 Å². The van der Waals surface area contributed by atoms with Crippen molar-refractivity contribution in [3.63, 3.8) is 0 Å². The van der Waals surface area contributed by atoms with Gasteiger partial charge in [0.15, 0.2) is 0 Å². The minimum Gasteiger partial charge on any atom is -0.497 e. The van der Waals surface area contributed by atoms with E-state index in [1.807, 2.05) is 0 Å². The first kappa shape index (κ1) is 11.4. The van der Waals surface area contributed by atoms with Gasteiger partial charge in [-0.1, -0.05) is 13.3 Å². The Hall–Kier alpha value is -1.69. The molecule has 0 atom stereocenters. The summed E-state index contributed by atoms with van der Waals surface area (Å²) in [5.74, 6) is 1.35. The molecule has 0 aliphatic carbocycles. The Balaban J connectivity index is 2.74. The fraction of sp³-hybridized carbons (Fsp3) is 0.417. The number of hydrogen-bond acceptors (Lipinski definition) is 3. The van der Waals surface area contributed by atoms with Gasteiger partial charge in [0.05, 0.1) is 25.3 Å². The van der Waals surface area contributed by atoms with Gasteiger partial charge < -0.3 is 9.47 Å². The fourth-order valence-electron chi connectivity index (χ4n) is 1.17. The topological polar surface area (TPSA) is 42.2 Å². The molecule has 0 saturated carbocycles. The van der Waals surface area contributed by atoms with Crippen molar-refractivity contribution in [2.45, 2.75) is 19.8 Å². The van der Waals surface area contributed by atoms with Crippen LogP contribution in [0.1, 0.15) is 25.3 Å². The number of ether oxygens (including phenoxy) is 2. The summed E-state index contributed by atoms with van der Waals surface area (Å²) in [7, 11) is 1.58. The predicted octanol–water partition coefficient (Wildman–Crippen LogP) is 2.75. The molecule has 0 amide bonds. The van der Waals surface area contributed by atoms with E-state index in [1.54, 1.807) is 25.3 Å². The first-order chi connectivity index (χ1) is 7.30. The van der Waals surface area contributed by atoms with Crippen LogP contribution in [-0.2, 0) is 0 Å². The van der Waals surface area contributed by atoms with Gasteiger partial charge in [0, 0.05) is 6.07 Å². The number of benzene rings is 1. The summed E-state index contributed by atoms with van der Waals surface area (Å²) in [6.07, 6.45) is 2.11. The maximum absolute atomic E-state index is 8.79. The molecule has 3 heteroatoms. The Labute approximate surface area is 90.2 Å². The Morgan fingerprint density at radius 1 is 1.27 bits per heavy atom. The average molecular weight is 205 g/mol. The monoisotopic (exact) mass is 205 g/mol. The molecule has 0 N–H and O–H groups in total. The summed E-state index contributed by atoms with van der Waals surface area (Å²) in [5, 5.41) is 8.79. The molecule has 0 fully saturated rings. The van der Waals surface area contributed by atoms with Crippen LogP contribution in [-0.4, -0.2) is 13.7 Å². The zero-order valence-corrected chi connectivity index (χ0v) is 9.12. The maximum atomic E-state index is 8.79. The zero-order valence-electron chi connectivity index (χ0n) is 9.12. The van der Waals surface area contributed by atoms with Crippen LogP contribution >= 0.6 is 0 Å². The molecule has 1 aromatic rings. The number of unbranched alkanes of at least 4 members (excludes halogenated alkanes) is 1. The van der Waals surface area contributed by atoms with Gasteiger partial charge in [-0.15, -0.1) is 0 Å². The van der Waals surface area contributed by atoms with E-state index >= 15 is 0 Å². The average Bonchev–Trinajstić information content (AvgIpc) is 2.29. The highest BCUT2D eigenvalue weighted by Crippen LogP contribution is 2.22. The number of rotatable bonds is 5. The predicted molar refractivity (Wildman–Crippen MR) is 58.1 cm³/mol. The van der Waals surface area contributed by atoms with Crippen molar-refractivity contribution in [1.29, 1.82) is 5.26 Å². The molecule has 0 saturated heterocycles. The van der Waals surface area contributed by atoms with Gasteiger partial charge in [-0.05, 0) is 18.6 Å². The molecule has 0 spiro atoms. The lowest BCUT2D eigenvalue weighted by atomic mass is 10.2. The Kier molecular flexibility index (Phi) is 4.49. The van der Waals surface area contributed by atoms with Crippen molar-refractivity contribution in [2.75, 3.05) is 13.7 Å². The van der Waals surface area contributed by atoms with Gasteiger partial charge in [0.2, 0.25) is 0 Å². The molecule has 0 heterocycles. The van der Waals surface area contributed by atoms with E-state index in [-0.39, 0.29) is 0 Å². The van der Waals surface area contributed by atoms with Crippen LogP contribution in [0.2, 0.25) is 0 Å². The molecule has 1 aromatic carbocycles. The highest BCUT2D eigenvalue weighted by Gasteiger charge is 2.01. The van der Waals surface area contributed by atoms with Crippen molar-refractivity contribution in [3.8, 4) is 17.6 Å². The lowest BCUT2D eigenvalue weighted by Crippen LogP contribution is -1.97. The van der Waals surface area contributed by atoms with Crippen LogP contribution in [0.4, 0.5) is 0 Å². The van der Waals surface area contributed by atoms with Crippen molar-refractivity contribution in [2.24, 2.45) is 0 Å². The quantitative estimate of drug-likeness (QED) is 0.694. The van der Waals surface area contributed by atoms with Crippen LogP contribution in [0, 0.1) is 11.3 Å². The normalized spacial score (nSPS) is 9.40. The number of methoxy groups -OCH3 is 1. The van der Waals surface area contributed by atoms with Crippen LogP contribution in [0.5, 0.6) is 11.5 Å². The first-order valence-electron chi connectivity index (χ1n) is 5.02. The lowest BCUT2D eigenvalue weighted by molar-refractivity contribution is 0.307. The molecule has 0 aliphatic rings. The second-order valence-electron chi connectivity index (χ2n) is 3.21. The Morgan fingerprint density at radius 3 is 2.60 bits per heavy atom. The van der Waals surface area contributed by atoms with Crippen LogP contribution in [0.3, 0.4) is 0 Å². The molecular formula is C12H15NO2. The number of hydrogen-bond donors (Lipinski definition) is 0. The smallest absolute Gasteiger partial charge is 0.124 e. The van der Waals surface area contributed by atoms with E-state index < -0.39 is 0 Å². The minimum atomic E-state index is 0.556. The van der Waals surface area contributed by atoms with Gasteiger partial charge in [-0.3, -0.25) is 0 Å². The fourth-order valence-corrected chi connectivity index (χ4v) is 1.17. The molecule has 0 radical (unpaired) electrons. The summed E-state index contributed by atoms with van der Waals surface area (Å²) in [6.45, 7) is 2.78. The molecule has 0 bridgehead atoms. The van der Waals surface area contributed by atoms with Crippen molar-refractivity contribution in [3.05, 3.63) is 23.8 Å². The molecule has 0 aromatic heterocycles. The highest BCUT2D eigenvalue weighted by atomic mass is 16.5. The third-order valence-electron chi connectivity index (χ3n) is 2.01. The molecule has 0 unspecified atom stereocenters. The molecule has 3 nitrogen and oxygen atoms in total. The third kappa shape index (κ3) is 3.51. The first-order valence-corrected chi connectivity index (χ1v) is 5.02. The molecule has 0 aliphatic heterocycles. The standard InChI is InChI=1S/C12H15NO2/c1-3-4-5-15-12-7-10(9-13)6-11(8-12)14-2/h6-8H,3-5H2,1-2H3. The van der Waals surface area contributed by atoms with Crippen LogP contribution < -0.4 is 9.47 Å². The van der Waals surface area contributed by atoms with Crippen molar-refractivity contribution >= 4 is 0 Å². The van der Waals surface area contributed by atoms with Crippen LogP contribution in [0.15, 0.2) is 18.2 Å². The number of nitrogens with zero attached hydrogens (tertiary/aromatic N) is 1. The van der Waals surface area contributed by atoms with Gasteiger partial charge in [-0.2, -0.15) is 5.26 Å². The highest BCUT2D eigenvalue weighted by molar-refractivity contribution is 5.43. The molecule has 15 heavy (non-hydrogen) atoms. The SMILES string of the molecule is CCCCOc1cc(C#N)cc(OC)c1. The molecule has 1 rings (SSSR count). The Morgan fingerprint density at radius 2 is 2.00 bits per heavy atom. The lowest BCUT2D eigenvalue weighted by Gasteiger charge is -2.07. The zero-order chi connectivity index (χ0) is 11.1. The van der Waals surface area contributed by atoms with Crippen LogP contribution in [0.25, 0.3) is 0 Å². The van der Waals surface area contributed by atoms with Crippen molar-refractivity contribution in [1.82, 2.24) is 0 Å².